The fourth-order valence-corrected chi connectivity index (χ4v) is 4.96. The number of hydrogen-bond donors (Lipinski definition) is 2. The van der Waals surface area contributed by atoms with Crippen LogP contribution in [0.4, 0.5) is 5.69 Å². The van der Waals surface area contributed by atoms with Crippen molar-refractivity contribution in [3.63, 3.8) is 0 Å². The van der Waals surface area contributed by atoms with Crippen molar-refractivity contribution in [3.05, 3.63) is 82.0 Å². The number of benzene rings is 3. The maximum Gasteiger partial charge on any atom is 0.240 e. The van der Waals surface area contributed by atoms with Crippen molar-refractivity contribution in [1.82, 2.24) is 4.72 Å². The average Bonchev–Trinajstić information content (AvgIpc) is 3.09. The monoisotopic (exact) mass is 488 g/mol. The number of nitrogens with one attached hydrogen (secondary N) is 1. The molecular formula is C23H18Cl2N2O4S. The zero-order chi connectivity index (χ0) is 23.0. The highest BCUT2D eigenvalue weighted by Gasteiger charge is 2.22. The molecule has 0 unspecified atom stereocenters. The SMILES string of the molecule is CCNS(=O)(=O)c1cccc(-c2ccc3c(N)c(C(=O)c4ccc(Cl)cc4Cl)oc3c2)c1. The second kappa shape index (κ2) is 8.60. The van der Waals surface area contributed by atoms with Gasteiger partial charge in [0.25, 0.3) is 0 Å². The third kappa shape index (κ3) is 4.12. The van der Waals surface area contributed by atoms with E-state index in [1.54, 1.807) is 49.4 Å². The van der Waals surface area contributed by atoms with Gasteiger partial charge in [-0.2, -0.15) is 0 Å². The summed E-state index contributed by atoms with van der Waals surface area (Å²) in [4.78, 5) is 13.1. The third-order valence-electron chi connectivity index (χ3n) is 4.92. The number of furan rings is 1. The molecule has 0 saturated carbocycles. The van der Waals surface area contributed by atoms with Crippen LogP contribution in [0.1, 0.15) is 23.0 Å². The number of nitrogens with two attached hydrogens (primary N) is 1. The molecule has 0 aliphatic heterocycles. The first kappa shape index (κ1) is 22.4. The number of anilines is 1. The quantitative estimate of drug-likeness (QED) is 0.348. The molecule has 0 radical (unpaired) electrons. The highest BCUT2D eigenvalue weighted by Crippen LogP contribution is 2.35. The van der Waals surface area contributed by atoms with Crippen LogP contribution >= 0.6 is 23.2 Å². The summed E-state index contributed by atoms with van der Waals surface area (Å²) in [5.74, 6) is -0.481. The van der Waals surface area contributed by atoms with Gasteiger partial charge >= 0.3 is 0 Å². The van der Waals surface area contributed by atoms with Gasteiger partial charge < -0.3 is 10.2 Å². The number of hydrogen-bond acceptors (Lipinski definition) is 5. The second-order valence-electron chi connectivity index (χ2n) is 7.04. The van der Waals surface area contributed by atoms with Crippen LogP contribution in [-0.4, -0.2) is 20.7 Å². The van der Waals surface area contributed by atoms with Crippen molar-refractivity contribution >= 4 is 55.7 Å². The first-order valence-electron chi connectivity index (χ1n) is 9.63. The molecule has 32 heavy (non-hydrogen) atoms. The molecule has 0 spiro atoms. The van der Waals surface area contributed by atoms with E-state index in [9.17, 15) is 13.2 Å². The van der Waals surface area contributed by atoms with Gasteiger partial charge in [0.15, 0.2) is 5.76 Å². The molecule has 6 nitrogen and oxygen atoms in total. The number of carbonyl (C=O) groups excluding carboxylic acids is 1. The topological polar surface area (TPSA) is 102 Å². The molecule has 9 heteroatoms. The summed E-state index contributed by atoms with van der Waals surface area (Å²) in [7, 11) is -3.60. The Balaban J connectivity index is 1.76. The minimum atomic E-state index is -3.60. The minimum Gasteiger partial charge on any atom is -0.450 e. The molecule has 0 atom stereocenters. The molecule has 4 aromatic rings. The third-order valence-corrected chi connectivity index (χ3v) is 7.01. The molecule has 4 rings (SSSR count). The Morgan fingerprint density at radius 1 is 1.03 bits per heavy atom. The normalized spacial score (nSPS) is 11.7. The Morgan fingerprint density at radius 3 is 2.50 bits per heavy atom. The lowest BCUT2D eigenvalue weighted by Gasteiger charge is -2.07. The van der Waals surface area contributed by atoms with Crippen LogP contribution in [0.25, 0.3) is 22.1 Å². The van der Waals surface area contributed by atoms with Crippen molar-refractivity contribution in [2.24, 2.45) is 0 Å². The van der Waals surface area contributed by atoms with E-state index in [-0.39, 0.29) is 26.9 Å². The number of sulfonamides is 1. The van der Waals surface area contributed by atoms with Gasteiger partial charge in [0.05, 0.1) is 15.6 Å². The standard InChI is InChI=1S/C23H18Cl2N2O4S/c1-2-27-32(29,30)16-5-3-4-13(10-16)14-6-8-18-20(11-14)31-23(21(18)26)22(28)17-9-7-15(24)12-19(17)25/h3-12,27H,2,26H2,1H3. The van der Waals surface area contributed by atoms with Gasteiger partial charge in [0, 0.05) is 22.5 Å². The van der Waals surface area contributed by atoms with E-state index >= 15 is 0 Å². The molecule has 0 fully saturated rings. The van der Waals surface area contributed by atoms with Crippen molar-refractivity contribution in [1.29, 1.82) is 0 Å². The number of nitrogen functional groups attached to an aromatic ring is 1. The van der Waals surface area contributed by atoms with Crippen molar-refractivity contribution in [3.8, 4) is 11.1 Å². The number of halogens is 2. The molecule has 0 aliphatic carbocycles. The summed E-state index contributed by atoms with van der Waals surface area (Å²) in [6, 6.07) is 16.3. The zero-order valence-electron chi connectivity index (χ0n) is 16.9. The molecule has 0 bridgehead atoms. The molecule has 0 amide bonds. The predicted molar refractivity (Wildman–Crippen MR) is 127 cm³/mol. The summed E-state index contributed by atoms with van der Waals surface area (Å²) >= 11 is 12.1. The van der Waals surface area contributed by atoms with E-state index in [1.165, 1.54) is 18.2 Å². The van der Waals surface area contributed by atoms with Crippen LogP contribution in [0.2, 0.25) is 10.0 Å². The maximum atomic E-state index is 13.0. The van der Waals surface area contributed by atoms with Crippen LogP contribution < -0.4 is 10.5 Å². The van der Waals surface area contributed by atoms with E-state index < -0.39 is 15.8 Å². The Kier molecular flexibility index (Phi) is 6.01. The van der Waals surface area contributed by atoms with Crippen LogP contribution in [0.15, 0.2) is 70.0 Å². The predicted octanol–water partition coefficient (Wildman–Crippen LogP) is 5.52. The van der Waals surface area contributed by atoms with Crippen LogP contribution in [-0.2, 0) is 10.0 Å². The van der Waals surface area contributed by atoms with Crippen LogP contribution in [0.3, 0.4) is 0 Å². The van der Waals surface area contributed by atoms with Crippen molar-refractivity contribution in [2.75, 3.05) is 12.3 Å². The molecule has 3 aromatic carbocycles. The molecule has 164 valence electrons. The van der Waals surface area contributed by atoms with E-state index in [0.29, 0.717) is 33.7 Å². The zero-order valence-corrected chi connectivity index (χ0v) is 19.2. The van der Waals surface area contributed by atoms with E-state index in [0.717, 1.165) is 0 Å². The van der Waals surface area contributed by atoms with Crippen molar-refractivity contribution < 1.29 is 17.6 Å². The lowest BCUT2D eigenvalue weighted by molar-refractivity contribution is 0.101. The molecule has 3 N–H and O–H groups in total. The van der Waals surface area contributed by atoms with Gasteiger partial charge in [-0.25, -0.2) is 13.1 Å². The molecular weight excluding hydrogens is 471 g/mol. The Bertz CT molecular complexity index is 1460. The summed E-state index contributed by atoms with van der Waals surface area (Å²) in [6.45, 7) is 2.01. The van der Waals surface area contributed by atoms with Crippen LogP contribution in [0.5, 0.6) is 0 Å². The number of fused-ring (bicyclic) bond motifs is 1. The number of ketones is 1. The van der Waals surface area contributed by atoms with E-state index in [4.69, 9.17) is 33.4 Å². The average molecular weight is 489 g/mol. The highest BCUT2D eigenvalue weighted by molar-refractivity contribution is 7.89. The summed E-state index contributed by atoms with van der Waals surface area (Å²) in [6.07, 6.45) is 0. The van der Waals surface area contributed by atoms with Crippen molar-refractivity contribution in [2.45, 2.75) is 11.8 Å². The minimum absolute atomic E-state index is 0.0233. The van der Waals surface area contributed by atoms with Gasteiger partial charge in [-0.1, -0.05) is 48.3 Å². The molecule has 0 aliphatic rings. The summed E-state index contributed by atoms with van der Waals surface area (Å²) < 4.78 is 32.9. The Labute approximate surface area is 195 Å². The van der Waals surface area contributed by atoms with Gasteiger partial charge in [-0.15, -0.1) is 0 Å². The van der Waals surface area contributed by atoms with Gasteiger partial charge in [-0.3, -0.25) is 4.79 Å². The second-order valence-corrected chi connectivity index (χ2v) is 9.65. The maximum absolute atomic E-state index is 13.0. The summed E-state index contributed by atoms with van der Waals surface area (Å²) in [5.41, 5.74) is 8.40. The van der Waals surface area contributed by atoms with Gasteiger partial charge in [-0.05, 0) is 53.6 Å². The fourth-order valence-electron chi connectivity index (χ4n) is 3.38. The lowest BCUT2D eigenvalue weighted by Crippen LogP contribution is -2.23. The molecule has 0 saturated heterocycles. The Morgan fingerprint density at radius 2 is 1.78 bits per heavy atom. The summed E-state index contributed by atoms with van der Waals surface area (Å²) in [5, 5.41) is 1.17. The smallest absolute Gasteiger partial charge is 0.240 e. The largest absolute Gasteiger partial charge is 0.450 e. The van der Waals surface area contributed by atoms with Gasteiger partial charge in [0.2, 0.25) is 15.8 Å². The number of carbonyl (C=O) groups is 1. The van der Waals surface area contributed by atoms with E-state index in [2.05, 4.69) is 4.72 Å². The molecule has 1 aromatic heterocycles. The van der Waals surface area contributed by atoms with Gasteiger partial charge in [0.1, 0.15) is 5.58 Å². The first-order valence-corrected chi connectivity index (χ1v) is 11.9. The lowest BCUT2D eigenvalue weighted by atomic mass is 10.0. The van der Waals surface area contributed by atoms with E-state index in [1.807, 2.05) is 0 Å². The first-order chi connectivity index (χ1) is 15.2. The molecule has 1 heterocycles. The highest BCUT2D eigenvalue weighted by atomic mass is 35.5. The fraction of sp³-hybridized carbons (Fsp3) is 0.0870. The Hall–Kier alpha value is -2.84. The van der Waals surface area contributed by atoms with Crippen LogP contribution in [0, 0.1) is 0 Å². The number of rotatable bonds is 6.